The first-order valence-corrected chi connectivity index (χ1v) is 31.6. The number of carbonyl (C=O) groups excluding carboxylic acids is 2. The summed E-state index contributed by atoms with van der Waals surface area (Å²) in [5.41, 5.74) is 0. The van der Waals surface area contributed by atoms with Crippen molar-refractivity contribution >= 4 is 11.9 Å². The first-order valence-electron chi connectivity index (χ1n) is 31.6. The number of allylic oxidation sites excluding steroid dienone is 3. The summed E-state index contributed by atoms with van der Waals surface area (Å²) in [7, 11) is 0. The number of hydrogen-bond donors (Lipinski definition) is 3. The molecule has 6 heteroatoms. The highest BCUT2D eigenvalue weighted by Crippen LogP contribution is 2.18. The standard InChI is InChI=1S/C64H123NO5/c1-3-5-7-9-11-13-15-17-18-19-20-21-22-23-24-25-26-27-30-33-36-40-44-48-52-56-62(67)61(60-66)65-63(68)57-53-49-45-41-37-34-31-28-29-32-35-39-43-47-51-55-59-70-64(69)58-54-50-46-42-38-16-14-12-10-8-6-4-2/h12,14,52,56,61-62,66-67H,3-11,13,15-51,53-55,57-60H2,1-2H3,(H,65,68)/b14-12-,56-52+. The van der Waals surface area contributed by atoms with Gasteiger partial charge in [-0.1, -0.05) is 301 Å². The molecular weight excluding hydrogens is 863 g/mol. The molecule has 0 spiro atoms. The summed E-state index contributed by atoms with van der Waals surface area (Å²) in [5, 5.41) is 23.2. The van der Waals surface area contributed by atoms with Crippen LogP contribution in [0, 0.1) is 0 Å². The fourth-order valence-corrected chi connectivity index (χ4v) is 9.87. The van der Waals surface area contributed by atoms with Crippen molar-refractivity contribution in [2.45, 2.75) is 360 Å². The summed E-state index contributed by atoms with van der Waals surface area (Å²) >= 11 is 0. The van der Waals surface area contributed by atoms with Crippen molar-refractivity contribution in [1.82, 2.24) is 5.32 Å². The molecule has 3 N–H and O–H groups in total. The number of rotatable bonds is 59. The van der Waals surface area contributed by atoms with Crippen LogP contribution in [0.25, 0.3) is 0 Å². The number of unbranched alkanes of at least 4 members (excludes halogenated alkanes) is 46. The Morgan fingerprint density at radius 1 is 0.386 bits per heavy atom. The van der Waals surface area contributed by atoms with Crippen LogP contribution >= 0.6 is 0 Å². The van der Waals surface area contributed by atoms with Gasteiger partial charge in [0.05, 0.1) is 25.4 Å². The molecule has 414 valence electrons. The van der Waals surface area contributed by atoms with Crippen molar-refractivity contribution in [3.8, 4) is 0 Å². The Bertz CT molecular complexity index is 1090. The van der Waals surface area contributed by atoms with Gasteiger partial charge in [-0.25, -0.2) is 0 Å². The minimum absolute atomic E-state index is 0.00724. The minimum atomic E-state index is -0.850. The van der Waals surface area contributed by atoms with E-state index in [0.717, 1.165) is 44.9 Å². The monoisotopic (exact) mass is 986 g/mol. The molecule has 0 aliphatic rings. The Hall–Kier alpha value is -1.66. The van der Waals surface area contributed by atoms with Crippen molar-refractivity contribution in [3.05, 3.63) is 24.3 Å². The first kappa shape index (κ1) is 68.3. The molecule has 0 aliphatic carbocycles. The second-order valence-electron chi connectivity index (χ2n) is 21.7. The molecule has 0 rings (SSSR count). The van der Waals surface area contributed by atoms with Crippen LogP contribution < -0.4 is 5.32 Å². The maximum Gasteiger partial charge on any atom is 0.305 e. The highest BCUT2D eigenvalue weighted by atomic mass is 16.5. The number of carbonyl (C=O) groups is 2. The molecule has 0 fully saturated rings. The molecule has 0 saturated carbocycles. The molecular formula is C64H123NO5. The molecule has 0 aromatic rings. The van der Waals surface area contributed by atoms with Crippen LogP contribution in [0.15, 0.2) is 24.3 Å². The molecule has 0 aromatic carbocycles. The Labute approximate surface area is 437 Å². The smallest absolute Gasteiger partial charge is 0.305 e. The number of ether oxygens (including phenoxy) is 1. The van der Waals surface area contributed by atoms with E-state index >= 15 is 0 Å². The molecule has 0 heterocycles. The molecule has 0 aliphatic heterocycles. The quantitative estimate of drug-likeness (QED) is 0.0321. The normalized spacial score (nSPS) is 12.7. The average Bonchev–Trinajstić information content (AvgIpc) is 3.36. The molecule has 2 atom stereocenters. The van der Waals surface area contributed by atoms with Gasteiger partial charge < -0.3 is 20.3 Å². The molecule has 6 nitrogen and oxygen atoms in total. The summed E-state index contributed by atoms with van der Waals surface area (Å²) in [4.78, 5) is 24.5. The molecule has 70 heavy (non-hydrogen) atoms. The first-order chi connectivity index (χ1) is 34.5. The molecule has 0 radical (unpaired) electrons. The van der Waals surface area contributed by atoms with Crippen LogP contribution in [0.4, 0.5) is 0 Å². The Morgan fingerprint density at radius 2 is 0.671 bits per heavy atom. The van der Waals surface area contributed by atoms with E-state index in [-0.39, 0.29) is 18.5 Å². The highest BCUT2D eigenvalue weighted by molar-refractivity contribution is 5.76. The maximum absolute atomic E-state index is 12.5. The van der Waals surface area contributed by atoms with E-state index in [0.29, 0.717) is 19.4 Å². The maximum atomic E-state index is 12.5. The number of nitrogens with one attached hydrogen (secondary N) is 1. The van der Waals surface area contributed by atoms with E-state index in [9.17, 15) is 19.8 Å². The van der Waals surface area contributed by atoms with Gasteiger partial charge in [0.15, 0.2) is 0 Å². The van der Waals surface area contributed by atoms with Gasteiger partial charge in [0.1, 0.15) is 0 Å². The van der Waals surface area contributed by atoms with Gasteiger partial charge in [-0.3, -0.25) is 9.59 Å². The van der Waals surface area contributed by atoms with Crippen molar-refractivity contribution in [2.24, 2.45) is 0 Å². The summed E-state index contributed by atoms with van der Waals surface area (Å²) in [5.74, 6) is -0.0786. The predicted molar refractivity (Wildman–Crippen MR) is 306 cm³/mol. The zero-order valence-electron chi connectivity index (χ0n) is 47.3. The zero-order valence-corrected chi connectivity index (χ0v) is 47.3. The number of amides is 1. The third-order valence-corrected chi connectivity index (χ3v) is 14.7. The third-order valence-electron chi connectivity index (χ3n) is 14.7. The van der Waals surface area contributed by atoms with Crippen LogP contribution in [-0.4, -0.2) is 47.4 Å². The molecule has 0 aromatic heterocycles. The van der Waals surface area contributed by atoms with Crippen molar-refractivity contribution in [1.29, 1.82) is 0 Å². The summed E-state index contributed by atoms with van der Waals surface area (Å²) in [6, 6.07) is -0.634. The minimum Gasteiger partial charge on any atom is -0.466 e. The third kappa shape index (κ3) is 55.7. The highest BCUT2D eigenvalue weighted by Gasteiger charge is 2.18. The van der Waals surface area contributed by atoms with Crippen LogP contribution in [0.5, 0.6) is 0 Å². The SMILES string of the molecule is CCCCC/C=C\CCCCCCCC(=O)OCCCCCCCCCCCCCCCCCCC(=O)NC(CO)C(O)/C=C/CCCCCCCCCCCCCCCCCCCCCCCCC. The van der Waals surface area contributed by atoms with Crippen LogP contribution in [0.1, 0.15) is 348 Å². The van der Waals surface area contributed by atoms with Crippen LogP contribution in [0.3, 0.4) is 0 Å². The summed E-state index contributed by atoms with van der Waals surface area (Å²) in [6.07, 6.45) is 73.6. The molecule has 0 saturated heterocycles. The van der Waals surface area contributed by atoms with E-state index in [2.05, 4.69) is 31.3 Å². The molecule has 1 amide bonds. The van der Waals surface area contributed by atoms with Gasteiger partial charge in [0, 0.05) is 12.8 Å². The summed E-state index contributed by atoms with van der Waals surface area (Å²) < 4.78 is 5.46. The largest absolute Gasteiger partial charge is 0.466 e. The fraction of sp³-hybridized carbons (Fsp3) is 0.906. The Kier molecular flexibility index (Phi) is 58.5. The van der Waals surface area contributed by atoms with Gasteiger partial charge in [0.25, 0.3) is 0 Å². The van der Waals surface area contributed by atoms with Crippen molar-refractivity contribution in [3.63, 3.8) is 0 Å². The van der Waals surface area contributed by atoms with Gasteiger partial charge in [-0.15, -0.1) is 0 Å². The number of esters is 1. The van der Waals surface area contributed by atoms with Crippen LogP contribution in [0.2, 0.25) is 0 Å². The van der Waals surface area contributed by atoms with E-state index < -0.39 is 12.1 Å². The van der Waals surface area contributed by atoms with E-state index in [1.165, 1.54) is 276 Å². The number of hydrogen-bond acceptors (Lipinski definition) is 5. The van der Waals surface area contributed by atoms with E-state index in [1.807, 2.05) is 6.08 Å². The lowest BCUT2D eigenvalue weighted by Crippen LogP contribution is -2.45. The number of aliphatic hydroxyl groups is 2. The Balaban J connectivity index is 3.46. The lowest BCUT2D eigenvalue weighted by Gasteiger charge is -2.20. The van der Waals surface area contributed by atoms with Crippen molar-refractivity contribution < 1.29 is 24.5 Å². The Morgan fingerprint density at radius 3 is 1.04 bits per heavy atom. The predicted octanol–water partition coefficient (Wildman–Crippen LogP) is 19.8. The van der Waals surface area contributed by atoms with Crippen LogP contribution in [-0.2, 0) is 14.3 Å². The van der Waals surface area contributed by atoms with Gasteiger partial charge in [0.2, 0.25) is 5.91 Å². The second-order valence-corrected chi connectivity index (χ2v) is 21.7. The molecule has 0 bridgehead atoms. The number of aliphatic hydroxyl groups excluding tert-OH is 2. The second kappa shape index (κ2) is 59.9. The van der Waals surface area contributed by atoms with E-state index in [4.69, 9.17) is 4.74 Å². The van der Waals surface area contributed by atoms with E-state index in [1.54, 1.807) is 6.08 Å². The van der Waals surface area contributed by atoms with Gasteiger partial charge in [-0.2, -0.15) is 0 Å². The lowest BCUT2D eigenvalue weighted by molar-refractivity contribution is -0.143. The van der Waals surface area contributed by atoms with Gasteiger partial charge >= 0.3 is 5.97 Å². The lowest BCUT2D eigenvalue weighted by atomic mass is 10.0. The topological polar surface area (TPSA) is 95.9 Å². The fourth-order valence-electron chi connectivity index (χ4n) is 9.87. The molecule has 2 unspecified atom stereocenters. The zero-order chi connectivity index (χ0) is 50.7. The van der Waals surface area contributed by atoms with Gasteiger partial charge in [-0.05, 0) is 57.8 Å². The average molecular weight is 987 g/mol. The van der Waals surface area contributed by atoms with Crippen molar-refractivity contribution in [2.75, 3.05) is 13.2 Å². The summed E-state index contributed by atoms with van der Waals surface area (Å²) in [6.45, 7) is 4.89.